The van der Waals surface area contributed by atoms with Crippen molar-refractivity contribution in [3.8, 4) is 17.2 Å². The molecule has 0 radical (unpaired) electrons. The molecule has 1 fully saturated rings. The van der Waals surface area contributed by atoms with Crippen molar-refractivity contribution in [2.24, 2.45) is 5.10 Å². The largest absolute Gasteiger partial charge is 0.497 e. The molecule has 3 aromatic rings. The minimum Gasteiger partial charge on any atom is -0.497 e. The Morgan fingerprint density at radius 2 is 1.59 bits per heavy atom. The molecule has 0 N–H and O–H groups in total. The molecule has 2 heterocycles. The number of amides is 1. The van der Waals surface area contributed by atoms with Crippen LogP contribution in [0, 0.1) is 5.82 Å². The van der Waals surface area contributed by atoms with E-state index in [4.69, 9.17) is 19.3 Å². The molecule has 0 bridgehead atoms. The van der Waals surface area contributed by atoms with Crippen molar-refractivity contribution in [3.05, 3.63) is 83.7 Å². The molecule has 0 spiro atoms. The molecule has 0 saturated carbocycles. The summed E-state index contributed by atoms with van der Waals surface area (Å²) in [4.78, 5) is 17.8. The maximum Gasteiger partial charge on any atom is 0.257 e. The number of carbonyl (C=O) groups excluding carboxylic acids is 1. The Bertz CT molecular complexity index is 1340. The molecule has 2 aliphatic rings. The number of hydrazone groups is 1. The summed E-state index contributed by atoms with van der Waals surface area (Å²) in [6.07, 6.45) is 0.543. The molecule has 2 aliphatic heterocycles. The Morgan fingerprint density at radius 3 is 2.26 bits per heavy atom. The van der Waals surface area contributed by atoms with Crippen LogP contribution < -0.4 is 19.1 Å². The van der Waals surface area contributed by atoms with E-state index in [-0.39, 0.29) is 24.3 Å². The Morgan fingerprint density at radius 1 is 0.897 bits per heavy atom. The molecular formula is C30H33FN4O4. The first-order valence-corrected chi connectivity index (χ1v) is 13.0. The number of methoxy groups -OCH3 is 3. The average Bonchev–Trinajstić information content (AvgIpc) is 3.43. The first kappa shape index (κ1) is 26.5. The van der Waals surface area contributed by atoms with Gasteiger partial charge in [-0.1, -0.05) is 12.1 Å². The fourth-order valence-corrected chi connectivity index (χ4v) is 5.15. The maximum atomic E-state index is 14.3. The van der Waals surface area contributed by atoms with Crippen molar-refractivity contribution in [1.29, 1.82) is 0 Å². The van der Waals surface area contributed by atoms with Crippen molar-refractivity contribution in [1.82, 2.24) is 9.91 Å². The van der Waals surface area contributed by atoms with Crippen molar-refractivity contribution in [2.75, 3.05) is 59.0 Å². The second-order valence-electron chi connectivity index (χ2n) is 9.56. The lowest BCUT2D eigenvalue weighted by molar-refractivity contribution is -0.134. The fraction of sp³-hybridized carbons (Fsp3) is 0.333. The minimum absolute atomic E-state index is 0.0966. The van der Waals surface area contributed by atoms with E-state index in [1.165, 1.54) is 6.07 Å². The third-order valence-electron chi connectivity index (χ3n) is 7.31. The van der Waals surface area contributed by atoms with Crippen LogP contribution in [0.3, 0.4) is 0 Å². The third-order valence-corrected chi connectivity index (χ3v) is 7.31. The molecule has 204 valence electrons. The van der Waals surface area contributed by atoms with E-state index in [0.717, 1.165) is 22.6 Å². The lowest BCUT2D eigenvalue weighted by Gasteiger charge is -2.36. The van der Waals surface area contributed by atoms with Crippen LogP contribution >= 0.6 is 0 Å². The van der Waals surface area contributed by atoms with Crippen LogP contribution in [0.4, 0.5) is 10.1 Å². The molecule has 1 unspecified atom stereocenters. The van der Waals surface area contributed by atoms with E-state index >= 15 is 0 Å². The van der Waals surface area contributed by atoms with E-state index < -0.39 is 0 Å². The number of benzene rings is 3. The van der Waals surface area contributed by atoms with Crippen LogP contribution in [0.25, 0.3) is 0 Å². The molecule has 5 rings (SSSR count). The molecule has 1 amide bonds. The Hall–Kier alpha value is -4.11. The summed E-state index contributed by atoms with van der Waals surface area (Å²) < 4.78 is 30.6. The predicted octanol–water partition coefficient (Wildman–Crippen LogP) is 4.35. The van der Waals surface area contributed by atoms with Crippen LogP contribution in [0.5, 0.6) is 17.2 Å². The summed E-state index contributed by atoms with van der Waals surface area (Å²) in [5, 5.41) is 6.41. The molecule has 1 atom stereocenters. The first-order valence-electron chi connectivity index (χ1n) is 13.0. The smallest absolute Gasteiger partial charge is 0.257 e. The minimum atomic E-state index is -0.324. The molecule has 9 heteroatoms. The number of anilines is 1. The van der Waals surface area contributed by atoms with Gasteiger partial charge in [-0.05, 0) is 54.1 Å². The van der Waals surface area contributed by atoms with Crippen LogP contribution in [-0.2, 0) is 4.79 Å². The summed E-state index contributed by atoms with van der Waals surface area (Å²) in [7, 11) is 4.85. The normalized spacial score (nSPS) is 17.6. The predicted molar refractivity (Wildman–Crippen MR) is 148 cm³/mol. The highest BCUT2D eigenvalue weighted by Gasteiger charge is 2.36. The van der Waals surface area contributed by atoms with E-state index in [9.17, 15) is 9.18 Å². The second-order valence-corrected chi connectivity index (χ2v) is 9.56. The number of halogens is 1. The van der Waals surface area contributed by atoms with E-state index in [1.807, 2.05) is 53.4 Å². The van der Waals surface area contributed by atoms with Gasteiger partial charge in [0.1, 0.15) is 23.1 Å². The van der Waals surface area contributed by atoms with Gasteiger partial charge in [0, 0.05) is 44.2 Å². The monoisotopic (exact) mass is 532 g/mol. The molecule has 0 aromatic heterocycles. The molecule has 3 aromatic carbocycles. The molecule has 1 saturated heterocycles. The van der Waals surface area contributed by atoms with Gasteiger partial charge in [-0.25, -0.2) is 9.40 Å². The van der Waals surface area contributed by atoms with Gasteiger partial charge in [0.05, 0.1) is 45.3 Å². The van der Waals surface area contributed by atoms with Gasteiger partial charge >= 0.3 is 0 Å². The zero-order chi connectivity index (χ0) is 27.4. The Kier molecular flexibility index (Phi) is 7.97. The number of rotatable bonds is 8. The lowest BCUT2D eigenvalue weighted by Crippen LogP contribution is -2.49. The number of para-hydroxylation sites is 1. The van der Waals surface area contributed by atoms with Crippen LogP contribution in [0.2, 0.25) is 0 Å². The number of hydrogen-bond acceptors (Lipinski definition) is 7. The topological polar surface area (TPSA) is 66.8 Å². The van der Waals surface area contributed by atoms with Crippen molar-refractivity contribution < 1.29 is 23.4 Å². The molecule has 8 nitrogen and oxygen atoms in total. The lowest BCUT2D eigenvalue weighted by atomic mass is 9.97. The molecule has 0 aliphatic carbocycles. The van der Waals surface area contributed by atoms with Crippen LogP contribution in [0.15, 0.2) is 71.8 Å². The average molecular weight is 533 g/mol. The SMILES string of the molecule is COc1ccc(C2=NN(C(=O)CN3CCN(c4ccccc4F)CC3)C(c3ccc(OC)cc3OC)C2)cc1. The Labute approximate surface area is 228 Å². The first-order chi connectivity index (χ1) is 19.0. The summed E-state index contributed by atoms with van der Waals surface area (Å²) in [5.74, 6) is 1.75. The van der Waals surface area contributed by atoms with Crippen molar-refractivity contribution in [3.63, 3.8) is 0 Å². The highest BCUT2D eigenvalue weighted by atomic mass is 19.1. The van der Waals surface area contributed by atoms with E-state index in [2.05, 4.69) is 4.90 Å². The summed E-state index contributed by atoms with van der Waals surface area (Å²) >= 11 is 0. The zero-order valence-electron chi connectivity index (χ0n) is 22.5. The van der Waals surface area contributed by atoms with Crippen molar-refractivity contribution >= 4 is 17.3 Å². The summed E-state index contributed by atoms with van der Waals surface area (Å²) in [6.45, 7) is 2.81. The second kappa shape index (κ2) is 11.7. The third kappa shape index (κ3) is 5.68. The maximum absolute atomic E-state index is 14.3. The van der Waals surface area contributed by atoms with Gasteiger partial charge in [0.15, 0.2) is 0 Å². The van der Waals surface area contributed by atoms with Crippen molar-refractivity contribution in [2.45, 2.75) is 12.5 Å². The Balaban J connectivity index is 1.35. The van der Waals surface area contributed by atoms with Crippen LogP contribution in [0.1, 0.15) is 23.6 Å². The van der Waals surface area contributed by atoms with Gasteiger partial charge in [0.25, 0.3) is 5.91 Å². The van der Waals surface area contributed by atoms with Gasteiger partial charge in [-0.3, -0.25) is 9.69 Å². The highest BCUT2D eigenvalue weighted by Crippen LogP contribution is 2.39. The quantitative estimate of drug-likeness (QED) is 0.430. The summed E-state index contributed by atoms with van der Waals surface area (Å²) in [6, 6.07) is 19.8. The molecule has 39 heavy (non-hydrogen) atoms. The van der Waals surface area contributed by atoms with Gasteiger partial charge in [0.2, 0.25) is 0 Å². The highest BCUT2D eigenvalue weighted by molar-refractivity contribution is 6.03. The van der Waals surface area contributed by atoms with E-state index in [1.54, 1.807) is 38.5 Å². The van der Waals surface area contributed by atoms with Gasteiger partial charge < -0.3 is 19.1 Å². The number of nitrogens with zero attached hydrogens (tertiary/aromatic N) is 4. The number of piperazine rings is 1. The number of hydrogen-bond donors (Lipinski definition) is 0. The standard InChI is InChI=1S/C30H33FN4O4/c1-37-22-10-8-21(9-11-22)26-19-28(24-13-12-23(38-2)18-29(24)39-3)35(32-26)30(36)20-33-14-16-34(17-15-33)27-7-5-4-6-25(27)31/h4-13,18,28H,14-17,19-20H2,1-3H3. The summed E-state index contributed by atoms with van der Waals surface area (Å²) in [5.41, 5.74) is 3.21. The number of carbonyl (C=O) groups is 1. The fourth-order valence-electron chi connectivity index (χ4n) is 5.15. The van der Waals surface area contributed by atoms with E-state index in [0.29, 0.717) is 49.8 Å². The van der Waals surface area contributed by atoms with Crippen LogP contribution in [-0.4, -0.2) is 75.6 Å². The van der Waals surface area contributed by atoms with Gasteiger partial charge in [-0.15, -0.1) is 0 Å². The zero-order valence-corrected chi connectivity index (χ0v) is 22.5. The molecular weight excluding hydrogens is 499 g/mol. The van der Waals surface area contributed by atoms with Gasteiger partial charge in [-0.2, -0.15) is 5.10 Å². The number of ether oxygens (including phenoxy) is 3.